The summed E-state index contributed by atoms with van der Waals surface area (Å²) in [7, 11) is 0. The molecular formula is C27H37ClN2O2. The van der Waals surface area contributed by atoms with Crippen LogP contribution in [-0.4, -0.2) is 28.3 Å². The Labute approximate surface area is 198 Å². The third-order valence-electron chi connectivity index (χ3n) is 5.46. The van der Waals surface area contributed by atoms with E-state index in [4.69, 9.17) is 11.6 Å². The molecule has 0 spiro atoms. The third kappa shape index (κ3) is 7.67. The van der Waals surface area contributed by atoms with Crippen molar-refractivity contribution in [1.29, 1.82) is 0 Å². The van der Waals surface area contributed by atoms with Gasteiger partial charge in [0.25, 0.3) is 0 Å². The molecule has 0 radical (unpaired) electrons. The van der Waals surface area contributed by atoms with Gasteiger partial charge in [0.15, 0.2) is 0 Å². The number of hydrogen-bond donors (Lipinski definition) is 1. The van der Waals surface area contributed by atoms with Crippen LogP contribution in [0.3, 0.4) is 0 Å². The van der Waals surface area contributed by atoms with E-state index in [9.17, 15) is 9.59 Å². The van der Waals surface area contributed by atoms with E-state index in [1.54, 1.807) is 4.90 Å². The zero-order valence-corrected chi connectivity index (χ0v) is 21.0. The number of nitrogens with one attached hydrogen (secondary N) is 1. The van der Waals surface area contributed by atoms with Gasteiger partial charge in [-0.25, -0.2) is 0 Å². The van der Waals surface area contributed by atoms with Gasteiger partial charge < -0.3 is 10.2 Å². The Kier molecular flexibility index (Phi) is 9.33. The molecule has 0 aliphatic rings. The number of carbonyl (C=O) groups excluding carboxylic acids is 2. The fraction of sp³-hybridized carbons (Fsp3) is 0.481. The molecule has 0 aromatic heterocycles. The lowest BCUT2D eigenvalue weighted by atomic mass is 10.00. The highest BCUT2D eigenvalue weighted by atomic mass is 35.5. The van der Waals surface area contributed by atoms with Gasteiger partial charge in [-0.3, -0.25) is 9.59 Å². The van der Waals surface area contributed by atoms with Gasteiger partial charge in [-0.2, -0.15) is 0 Å². The molecule has 0 fully saturated rings. The van der Waals surface area contributed by atoms with Crippen molar-refractivity contribution in [3.63, 3.8) is 0 Å². The smallest absolute Gasteiger partial charge is 0.243 e. The maximum absolute atomic E-state index is 13.4. The summed E-state index contributed by atoms with van der Waals surface area (Å²) >= 11 is 6.38. The first-order valence-corrected chi connectivity index (χ1v) is 11.8. The van der Waals surface area contributed by atoms with Crippen LogP contribution in [0.5, 0.6) is 0 Å². The summed E-state index contributed by atoms with van der Waals surface area (Å²) in [6.07, 6.45) is 1.50. The van der Waals surface area contributed by atoms with Gasteiger partial charge in [-0.15, -0.1) is 0 Å². The molecular weight excluding hydrogens is 420 g/mol. The van der Waals surface area contributed by atoms with Gasteiger partial charge in [-0.05, 0) is 62.3 Å². The number of hydrogen-bond acceptors (Lipinski definition) is 2. The molecule has 1 N–H and O–H groups in total. The number of rotatable bonds is 9. The minimum Gasteiger partial charge on any atom is -0.350 e. The van der Waals surface area contributed by atoms with E-state index in [1.165, 1.54) is 5.56 Å². The second kappa shape index (κ2) is 11.5. The first-order chi connectivity index (χ1) is 15.0. The van der Waals surface area contributed by atoms with Gasteiger partial charge in [0.1, 0.15) is 6.04 Å². The van der Waals surface area contributed by atoms with Crippen molar-refractivity contribution in [1.82, 2.24) is 10.2 Å². The summed E-state index contributed by atoms with van der Waals surface area (Å²) in [6.45, 7) is 12.4. The van der Waals surface area contributed by atoms with Crippen LogP contribution in [0.1, 0.15) is 77.0 Å². The number of amides is 2. The topological polar surface area (TPSA) is 49.4 Å². The normalized spacial score (nSPS) is 12.5. The summed E-state index contributed by atoms with van der Waals surface area (Å²) in [5, 5.41) is 3.63. The lowest BCUT2D eigenvalue weighted by molar-refractivity contribution is -0.142. The molecule has 0 aliphatic carbocycles. The standard InChI is InChI=1S/C27H37ClN2O2/c1-7-24(26(32)29-27(4,5)6)30(18-22-10-8-9-11-23(22)28)25(31)17-14-20-12-15-21(16-13-20)19(2)3/h8-13,15-16,19,24H,7,14,17-18H2,1-6H3,(H,29,32)/t24-/m1/s1. The minimum atomic E-state index is -0.554. The Hall–Kier alpha value is -2.33. The SMILES string of the molecule is CC[C@H](C(=O)NC(C)(C)C)N(Cc1ccccc1Cl)C(=O)CCc1ccc(C(C)C)cc1. The van der Waals surface area contributed by atoms with Crippen LogP contribution in [0.15, 0.2) is 48.5 Å². The van der Waals surface area contributed by atoms with Crippen molar-refractivity contribution in [3.8, 4) is 0 Å². The van der Waals surface area contributed by atoms with E-state index in [0.29, 0.717) is 36.7 Å². The van der Waals surface area contributed by atoms with Gasteiger partial charge in [0, 0.05) is 23.5 Å². The van der Waals surface area contributed by atoms with Gasteiger partial charge >= 0.3 is 0 Å². The van der Waals surface area contributed by atoms with E-state index >= 15 is 0 Å². The molecule has 4 nitrogen and oxygen atoms in total. The van der Waals surface area contributed by atoms with Crippen LogP contribution >= 0.6 is 11.6 Å². The van der Waals surface area contributed by atoms with E-state index in [0.717, 1.165) is 11.1 Å². The quantitative estimate of drug-likeness (QED) is 0.494. The number of benzene rings is 2. The molecule has 2 rings (SSSR count). The molecule has 0 bridgehead atoms. The summed E-state index contributed by atoms with van der Waals surface area (Å²) in [5.41, 5.74) is 2.87. The number of aryl methyl sites for hydroxylation is 1. The van der Waals surface area contributed by atoms with E-state index in [-0.39, 0.29) is 17.4 Å². The van der Waals surface area contributed by atoms with Crippen LogP contribution in [0.25, 0.3) is 0 Å². The van der Waals surface area contributed by atoms with Crippen LogP contribution in [-0.2, 0) is 22.6 Å². The Morgan fingerprint density at radius 2 is 1.66 bits per heavy atom. The molecule has 2 aromatic carbocycles. The van der Waals surface area contributed by atoms with Crippen molar-refractivity contribution < 1.29 is 9.59 Å². The first-order valence-electron chi connectivity index (χ1n) is 11.5. The average molecular weight is 457 g/mol. The molecule has 0 heterocycles. The minimum absolute atomic E-state index is 0.0474. The molecule has 32 heavy (non-hydrogen) atoms. The van der Waals surface area contributed by atoms with Crippen LogP contribution in [0.2, 0.25) is 5.02 Å². The summed E-state index contributed by atoms with van der Waals surface area (Å²) in [5.74, 6) is 0.291. The highest BCUT2D eigenvalue weighted by Crippen LogP contribution is 2.22. The predicted octanol–water partition coefficient (Wildman–Crippen LogP) is 6.12. The van der Waals surface area contributed by atoms with Gasteiger partial charge in [0.05, 0.1) is 0 Å². The lowest BCUT2D eigenvalue weighted by Crippen LogP contribution is -2.53. The van der Waals surface area contributed by atoms with Crippen molar-refractivity contribution in [2.75, 3.05) is 0 Å². The number of nitrogens with zero attached hydrogens (tertiary/aromatic N) is 1. The fourth-order valence-electron chi connectivity index (χ4n) is 3.65. The largest absolute Gasteiger partial charge is 0.350 e. The highest BCUT2D eigenvalue weighted by Gasteiger charge is 2.30. The molecule has 5 heteroatoms. The monoisotopic (exact) mass is 456 g/mol. The predicted molar refractivity (Wildman–Crippen MR) is 133 cm³/mol. The fourth-order valence-corrected chi connectivity index (χ4v) is 3.84. The lowest BCUT2D eigenvalue weighted by Gasteiger charge is -2.33. The van der Waals surface area contributed by atoms with Crippen molar-refractivity contribution in [2.24, 2.45) is 0 Å². The Morgan fingerprint density at radius 3 is 2.19 bits per heavy atom. The van der Waals surface area contributed by atoms with Crippen LogP contribution < -0.4 is 5.32 Å². The molecule has 0 aliphatic heterocycles. The Morgan fingerprint density at radius 1 is 1.03 bits per heavy atom. The summed E-state index contributed by atoms with van der Waals surface area (Å²) in [6, 6.07) is 15.3. The second-order valence-corrected chi connectivity index (χ2v) is 10.1. The van der Waals surface area contributed by atoms with Crippen molar-refractivity contribution in [2.45, 2.75) is 84.8 Å². The molecule has 0 saturated heterocycles. The van der Waals surface area contributed by atoms with E-state index in [1.807, 2.05) is 52.0 Å². The maximum atomic E-state index is 13.4. The van der Waals surface area contributed by atoms with Gasteiger partial charge in [0.2, 0.25) is 11.8 Å². The Bertz CT molecular complexity index is 901. The molecule has 0 saturated carbocycles. The maximum Gasteiger partial charge on any atom is 0.243 e. The van der Waals surface area contributed by atoms with Crippen LogP contribution in [0.4, 0.5) is 0 Å². The zero-order valence-electron chi connectivity index (χ0n) is 20.2. The van der Waals surface area contributed by atoms with E-state index in [2.05, 4.69) is 43.4 Å². The first kappa shape index (κ1) is 25.9. The number of halogens is 1. The molecule has 0 unspecified atom stereocenters. The third-order valence-corrected chi connectivity index (χ3v) is 5.83. The Balaban J connectivity index is 2.22. The summed E-state index contributed by atoms with van der Waals surface area (Å²) < 4.78 is 0. The number of carbonyl (C=O) groups is 2. The van der Waals surface area contributed by atoms with Crippen LogP contribution in [0, 0.1) is 0 Å². The van der Waals surface area contributed by atoms with E-state index < -0.39 is 6.04 Å². The molecule has 2 aromatic rings. The molecule has 1 atom stereocenters. The average Bonchev–Trinajstić information content (AvgIpc) is 2.72. The van der Waals surface area contributed by atoms with Crippen molar-refractivity contribution in [3.05, 3.63) is 70.2 Å². The molecule has 2 amide bonds. The second-order valence-electron chi connectivity index (χ2n) is 9.67. The summed E-state index contributed by atoms with van der Waals surface area (Å²) in [4.78, 5) is 28.1. The molecule has 174 valence electrons. The highest BCUT2D eigenvalue weighted by molar-refractivity contribution is 6.31. The zero-order chi connectivity index (χ0) is 23.9. The van der Waals surface area contributed by atoms with Gasteiger partial charge in [-0.1, -0.05) is 74.8 Å². The van der Waals surface area contributed by atoms with Crippen molar-refractivity contribution >= 4 is 23.4 Å².